The molecule has 9 heteroatoms. The fourth-order valence-corrected chi connectivity index (χ4v) is 3.11. The largest absolute Gasteiger partial charge is 0.452 e. The van der Waals surface area contributed by atoms with Crippen molar-refractivity contribution in [3.8, 4) is 6.07 Å². The SMILES string of the molecule is CN(C)c1ccc(C(=O)OCC(=O)NC2(C#N)CCCCC2)cc1[N+](=O)[O-]. The first-order valence-corrected chi connectivity index (χ1v) is 8.63. The Bertz CT molecular complexity index is 778. The zero-order valence-electron chi connectivity index (χ0n) is 15.4. The normalized spacial score (nSPS) is 15.3. The Morgan fingerprint density at radius 3 is 2.56 bits per heavy atom. The lowest BCUT2D eigenvalue weighted by atomic mass is 9.83. The molecule has 0 radical (unpaired) electrons. The summed E-state index contributed by atoms with van der Waals surface area (Å²) >= 11 is 0. The highest BCUT2D eigenvalue weighted by molar-refractivity contribution is 5.93. The molecule has 27 heavy (non-hydrogen) atoms. The predicted octanol–water partition coefficient (Wildman–Crippen LogP) is 2.16. The molecule has 1 aliphatic carbocycles. The minimum Gasteiger partial charge on any atom is -0.452 e. The molecular weight excluding hydrogens is 352 g/mol. The summed E-state index contributed by atoms with van der Waals surface area (Å²) in [4.78, 5) is 36.4. The Labute approximate surface area is 157 Å². The van der Waals surface area contributed by atoms with E-state index >= 15 is 0 Å². The van der Waals surface area contributed by atoms with Crippen molar-refractivity contribution in [2.45, 2.75) is 37.6 Å². The molecule has 1 aliphatic rings. The second kappa shape index (κ2) is 8.49. The van der Waals surface area contributed by atoms with Gasteiger partial charge in [-0.3, -0.25) is 14.9 Å². The molecule has 1 aromatic rings. The van der Waals surface area contributed by atoms with Crippen LogP contribution < -0.4 is 10.2 Å². The van der Waals surface area contributed by atoms with Gasteiger partial charge in [0.05, 0.1) is 16.6 Å². The zero-order chi connectivity index (χ0) is 20.0. The second-order valence-electron chi connectivity index (χ2n) is 6.73. The maximum absolute atomic E-state index is 12.1. The molecule has 0 atom stereocenters. The van der Waals surface area contributed by atoms with E-state index in [1.165, 1.54) is 12.1 Å². The number of rotatable bonds is 6. The second-order valence-corrected chi connectivity index (χ2v) is 6.73. The van der Waals surface area contributed by atoms with E-state index < -0.39 is 28.9 Å². The molecule has 0 heterocycles. The lowest BCUT2D eigenvalue weighted by molar-refractivity contribution is -0.384. The van der Waals surface area contributed by atoms with Crippen LogP contribution in [0.4, 0.5) is 11.4 Å². The van der Waals surface area contributed by atoms with Crippen molar-refractivity contribution in [1.29, 1.82) is 5.26 Å². The van der Waals surface area contributed by atoms with Gasteiger partial charge in [0.2, 0.25) is 0 Å². The Balaban J connectivity index is 2.01. The number of amides is 1. The molecule has 1 amide bonds. The van der Waals surface area contributed by atoms with Gasteiger partial charge in [0.25, 0.3) is 11.6 Å². The average Bonchev–Trinajstić information content (AvgIpc) is 2.66. The van der Waals surface area contributed by atoms with Crippen molar-refractivity contribution in [2.24, 2.45) is 0 Å². The number of benzene rings is 1. The summed E-state index contributed by atoms with van der Waals surface area (Å²) < 4.78 is 4.96. The van der Waals surface area contributed by atoms with Crippen LogP contribution in [0.1, 0.15) is 42.5 Å². The Morgan fingerprint density at radius 1 is 1.33 bits per heavy atom. The fraction of sp³-hybridized carbons (Fsp3) is 0.500. The van der Waals surface area contributed by atoms with Gasteiger partial charge in [0.1, 0.15) is 11.2 Å². The third-order valence-electron chi connectivity index (χ3n) is 4.52. The van der Waals surface area contributed by atoms with Crippen LogP contribution in [0.2, 0.25) is 0 Å². The first-order chi connectivity index (χ1) is 12.8. The maximum Gasteiger partial charge on any atom is 0.338 e. The van der Waals surface area contributed by atoms with E-state index in [1.807, 2.05) is 0 Å². The van der Waals surface area contributed by atoms with Crippen molar-refractivity contribution in [3.05, 3.63) is 33.9 Å². The summed E-state index contributed by atoms with van der Waals surface area (Å²) in [6.45, 7) is -0.550. The molecule has 0 unspecified atom stereocenters. The molecule has 0 aliphatic heterocycles. The molecule has 0 saturated heterocycles. The topological polar surface area (TPSA) is 126 Å². The van der Waals surface area contributed by atoms with Gasteiger partial charge in [0, 0.05) is 20.2 Å². The van der Waals surface area contributed by atoms with E-state index in [9.17, 15) is 25.0 Å². The number of nitrogens with one attached hydrogen (secondary N) is 1. The highest BCUT2D eigenvalue weighted by Crippen LogP contribution is 2.28. The summed E-state index contributed by atoms with van der Waals surface area (Å²) in [5.41, 5.74) is -0.812. The maximum atomic E-state index is 12.1. The van der Waals surface area contributed by atoms with Gasteiger partial charge in [0.15, 0.2) is 6.61 Å². The minimum atomic E-state index is -0.909. The minimum absolute atomic E-state index is 0.0206. The van der Waals surface area contributed by atoms with E-state index in [0.717, 1.165) is 25.3 Å². The van der Waals surface area contributed by atoms with Crippen LogP contribution in [0.25, 0.3) is 0 Å². The molecule has 1 fully saturated rings. The van der Waals surface area contributed by atoms with Gasteiger partial charge in [-0.15, -0.1) is 0 Å². The number of hydrogen-bond donors (Lipinski definition) is 1. The first-order valence-electron chi connectivity index (χ1n) is 8.63. The Kier molecular flexibility index (Phi) is 6.34. The van der Waals surface area contributed by atoms with Crippen LogP contribution in [-0.4, -0.2) is 43.0 Å². The number of ether oxygens (including phenoxy) is 1. The molecule has 0 aromatic heterocycles. The molecule has 1 saturated carbocycles. The van der Waals surface area contributed by atoms with Gasteiger partial charge in [-0.05, 0) is 25.0 Å². The van der Waals surface area contributed by atoms with Crippen LogP contribution in [0, 0.1) is 21.4 Å². The van der Waals surface area contributed by atoms with Crippen molar-refractivity contribution in [1.82, 2.24) is 5.32 Å². The molecule has 1 aromatic carbocycles. The Morgan fingerprint density at radius 2 is 2.00 bits per heavy atom. The van der Waals surface area contributed by atoms with Crippen LogP contribution >= 0.6 is 0 Å². The van der Waals surface area contributed by atoms with Crippen LogP contribution in [0.15, 0.2) is 18.2 Å². The quantitative estimate of drug-likeness (QED) is 0.459. The number of carbonyl (C=O) groups excluding carboxylic acids is 2. The highest BCUT2D eigenvalue weighted by Gasteiger charge is 2.33. The zero-order valence-corrected chi connectivity index (χ0v) is 15.4. The summed E-state index contributed by atoms with van der Waals surface area (Å²) in [7, 11) is 3.31. The van der Waals surface area contributed by atoms with E-state index in [-0.39, 0.29) is 11.3 Å². The van der Waals surface area contributed by atoms with E-state index in [0.29, 0.717) is 18.5 Å². The number of anilines is 1. The number of carbonyl (C=O) groups is 2. The van der Waals surface area contributed by atoms with Gasteiger partial charge >= 0.3 is 5.97 Å². The average molecular weight is 374 g/mol. The smallest absolute Gasteiger partial charge is 0.338 e. The number of esters is 1. The van der Waals surface area contributed by atoms with Gasteiger partial charge < -0.3 is 15.0 Å². The van der Waals surface area contributed by atoms with Gasteiger partial charge in [-0.1, -0.05) is 19.3 Å². The lowest BCUT2D eigenvalue weighted by Gasteiger charge is -2.31. The summed E-state index contributed by atoms with van der Waals surface area (Å²) in [6, 6.07) is 6.12. The molecule has 9 nitrogen and oxygen atoms in total. The third-order valence-corrected chi connectivity index (χ3v) is 4.52. The summed E-state index contributed by atoms with van der Waals surface area (Å²) in [5.74, 6) is -1.40. The van der Waals surface area contributed by atoms with E-state index in [4.69, 9.17) is 4.74 Å². The predicted molar refractivity (Wildman–Crippen MR) is 97.3 cm³/mol. The summed E-state index contributed by atoms with van der Waals surface area (Å²) in [5, 5.41) is 23.2. The molecular formula is C18H22N4O5. The lowest BCUT2D eigenvalue weighted by Crippen LogP contribution is -2.50. The number of nitriles is 1. The number of nitro benzene ring substituents is 1. The number of nitrogens with zero attached hydrogens (tertiary/aromatic N) is 3. The summed E-state index contributed by atoms with van der Waals surface area (Å²) in [6.07, 6.45) is 3.88. The van der Waals surface area contributed by atoms with Crippen LogP contribution in [0.5, 0.6) is 0 Å². The molecule has 1 N–H and O–H groups in total. The molecule has 0 spiro atoms. The number of nitro groups is 1. The van der Waals surface area contributed by atoms with Gasteiger partial charge in [-0.25, -0.2) is 4.79 Å². The standard InChI is InChI=1S/C18H22N4O5/c1-21(2)14-7-6-13(10-15(14)22(25)26)17(24)27-11-16(23)20-18(12-19)8-4-3-5-9-18/h6-7,10H,3-5,8-9,11H2,1-2H3,(H,20,23). The van der Waals surface area contributed by atoms with E-state index in [1.54, 1.807) is 19.0 Å². The van der Waals surface area contributed by atoms with Crippen LogP contribution in [0.3, 0.4) is 0 Å². The van der Waals surface area contributed by atoms with Crippen LogP contribution in [-0.2, 0) is 9.53 Å². The van der Waals surface area contributed by atoms with Crippen molar-refractivity contribution >= 4 is 23.3 Å². The number of hydrogen-bond acceptors (Lipinski definition) is 7. The van der Waals surface area contributed by atoms with Gasteiger partial charge in [-0.2, -0.15) is 5.26 Å². The van der Waals surface area contributed by atoms with E-state index in [2.05, 4.69) is 11.4 Å². The van der Waals surface area contributed by atoms with Crippen molar-refractivity contribution < 1.29 is 19.2 Å². The van der Waals surface area contributed by atoms with Crippen molar-refractivity contribution in [3.63, 3.8) is 0 Å². The van der Waals surface area contributed by atoms with Crippen molar-refractivity contribution in [2.75, 3.05) is 25.6 Å². The monoisotopic (exact) mass is 374 g/mol. The third kappa shape index (κ3) is 4.94. The molecule has 144 valence electrons. The molecule has 0 bridgehead atoms. The Hall–Kier alpha value is -3.15. The fourth-order valence-electron chi connectivity index (χ4n) is 3.11. The highest BCUT2D eigenvalue weighted by atomic mass is 16.6. The first kappa shape index (κ1) is 20.2. The molecule has 2 rings (SSSR count).